The van der Waals surface area contributed by atoms with Gasteiger partial charge in [0.15, 0.2) is 0 Å². The first kappa shape index (κ1) is 8.65. The second-order valence-corrected chi connectivity index (χ2v) is 3.44. The Balaban J connectivity index is 2.04. The van der Waals surface area contributed by atoms with E-state index in [1.807, 2.05) is 6.20 Å². The van der Waals surface area contributed by atoms with Crippen LogP contribution in [0.15, 0.2) is 6.20 Å². The highest BCUT2D eigenvalue weighted by atomic mass is 16.3. The fourth-order valence-electron chi connectivity index (χ4n) is 1.51. The highest BCUT2D eigenvalue weighted by molar-refractivity contribution is 4.96. The Morgan fingerprint density at radius 1 is 1.62 bits per heavy atom. The van der Waals surface area contributed by atoms with Gasteiger partial charge in [0, 0.05) is 12.6 Å². The second-order valence-electron chi connectivity index (χ2n) is 3.44. The van der Waals surface area contributed by atoms with Crippen molar-refractivity contribution in [3.05, 3.63) is 11.9 Å². The summed E-state index contributed by atoms with van der Waals surface area (Å²) in [6.45, 7) is 0.589. The summed E-state index contributed by atoms with van der Waals surface area (Å²) >= 11 is 0. The Labute approximate surface area is 76.5 Å². The van der Waals surface area contributed by atoms with E-state index < -0.39 is 0 Å². The van der Waals surface area contributed by atoms with Crippen LogP contribution in [0.4, 0.5) is 0 Å². The quantitative estimate of drug-likeness (QED) is 0.659. The van der Waals surface area contributed by atoms with Gasteiger partial charge < -0.3 is 10.8 Å². The van der Waals surface area contributed by atoms with Gasteiger partial charge in [0.1, 0.15) is 0 Å². The summed E-state index contributed by atoms with van der Waals surface area (Å²) in [6.07, 6.45) is 4.25. The predicted molar refractivity (Wildman–Crippen MR) is 47.1 cm³/mol. The van der Waals surface area contributed by atoms with E-state index in [9.17, 15) is 5.11 Å². The van der Waals surface area contributed by atoms with Crippen LogP contribution in [0.25, 0.3) is 0 Å². The molecule has 1 aliphatic carbocycles. The van der Waals surface area contributed by atoms with Gasteiger partial charge in [0.25, 0.3) is 0 Å². The molecule has 3 N–H and O–H groups in total. The maximum absolute atomic E-state index is 9.39. The third-order valence-electron chi connectivity index (χ3n) is 2.50. The molecule has 1 aromatic rings. The minimum Gasteiger partial charge on any atom is -0.391 e. The molecule has 1 fully saturated rings. The number of aliphatic hydroxyl groups is 1. The number of nitrogens with two attached hydrogens (primary N) is 1. The van der Waals surface area contributed by atoms with Crippen LogP contribution in [0.2, 0.25) is 0 Å². The fraction of sp³-hybridized carbons (Fsp3) is 0.750. The van der Waals surface area contributed by atoms with Crippen molar-refractivity contribution in [3.8, 4) is 0 Å². The van der Waals surface area contributed by atoms with E-state index in [4.69, 9.17) is 5.73 Å². The summed E-state index contributed by atoms with van der Waals surface area (Å²) in [5, 5.41) is 17.3. The maximum Gasteiger partial charge on any atom is 0.0839 e. The maximum atomic E-state index is 9.39. The topological polar surface area (TPSA) is 77.0 Å². The first-order chi connectivity index (χ1) is 6.31. The van der Waals surface area contributed by atoms with Gasteiger partial charge in [-0.1, -0.05) is 5.21 Å². The third-order valence-corrected chi connectivity index (χ3v) is 2.50. The number of rotatable bonds is 3. The van der Waals surface area contributed by atoms with Gasteiger partial charge in [-0.05, 0) is 19.4 Å². The van der Waals surface area contributed by atoms with Crippen LogP contribution in [-0.4, -0.2) is 32.7 Å². The summed E-state index contributed by atoms with van der Waals surface area (Å²) in [5.74, 6) is 0. The average molecular weight is 182 g/mol. The van der Waals surface area contributed by atoms with Gasteiger partial charge in [0.05, 0.1) is 17.8 Å². The van der Waals surface area contributed by atoms with E-state index in [0.717, 1.165) is 25.0 Å². The number of nitrogens with zero attached hydrogens (tertiary/aromatic N) is 3. The minimum atomic E-state index is -0.243. The zero-order valence-electron chi connectivity index (χ0n) is 7.43. The lowest BCUT2D eigenvalue weighted by Gasteiger charge is -2.31. The molecule has 5 nitrogen and oxygen atoms in total. The van der Waals surface area contributed by atoms with Gasteiger partial charge in [0.2, 0.25) is 0 Å². The van der Waals surface area contributed by atoms with Crippen LogP contribution >= 0.6 is 0 Å². The Hall–Kier alpha value is -0.940. The van der Waals surface area contributed by atoms with Crippen molar-refractivity contribution >= 4 is 0 Å². The fourth-order valence-corrected chi connectivity index (χ4v) is 1.51. The minimum absolute atomic E-state index is 0.138. The summed E-state index contributed by atoms with van der Waals surface area (Å²) < 4.78 is 1.75. The average Bonchev–Trinajstić information content (AvgIpc) is 2.51. The van der Waals surface area contributed by atoms with Crippen molar-refractivity contribution in [2.24, 2.45) is 5.73 Å². The predicted octanol–water partition coefficient (Wildman–Crippen LogP) is -0.525. The van der Waals surface area contributed by atoms with Crippen molar-refractivity contribution < 1.29 is 5.11 Å². The molecular formula is C8H14N4O. The molecule has 2 rings (SSSR count). The molecule has 0 aromatic carbocycles. The van der Waals surface area contributed by atoms with Crippen molar-refractivity contribution in [1.29, 1.82) is 0 Å². The molecule has 1 aromatic heterocycles. The third kappa shape index (κ3) is 1.57. The molecule has 0 radical (unpaired) electrons. The monoisotopic (exact) mass is 182 g/mol. The van der Waals surface area contributed by atoms with Crippen molar-refractivity contribution in [2.75, 3.05) is 6.54 Å². The molecule has 2 unspecified atom stereocenters. The van der Waals surface area contributed by atoms with E-state index in [0.29, 0.717) is 6.54 Å². The molecule has 72 valence electrons. The molecule has 1 aliphatic rings. The number of hydrogen-bond donors (Lipinski definition) is 2. The van der Waals surface area contributed by atoms with Crippen LogP contribution in [0.5, 0.6) is 0 Å². The van der Waals surface area contributed by atoms with Crippen LogP contribution in [0, 0.1) is 0 Å². The Morgan fingerprint density at radius 3 is 3.00 bits per heavy atom. The first-order valence-electron chi connectivity index (χ1n) is 4.60. The van der Waals surface area contributed by atoms with E-state index in [1.54, 1.807) is 4.68 Å². The molecule has 2 atom stereocenters. The van der Waals surface area contributed by atoms with Gasteiger partial charge in [-0.3, -0.25) is 0 Å². The molecular weight excluding hydrogens is 168 g/mol. The summed E-state index contributed by atoms with van der Waals surface area (Å²) in [6, 6.07) is 0.138. The van der Waals surface area contributed by atoms with Crippen LogP contribution in [0.1, 0.15) is 24.6 Å². The summed E-state index contributed by atoms with van der Waals surface area (Å²) in [7, 11) is 0. The lowest BCUT2D eigenvalue weighted by molar-refractivity contribution is 0.0244. The lowest BCUT2D eigenvalue weighted by Crippen LogP contribution is -2.34. The zero-order valence-corrected chi connectivity index (χ0v) is 7.43. The first-order valence-corrected chi connectivity index (χ1v) is 4.60. The van der Waals surface area contributed by atoms with Crippen LogP contribution in [0.3, 0.4) is 0 Å². The van der Waals surface area contributed by atoms with Crippen molar-refractivity contribution in [3.63, 3.8) is 0 Å². The van der Waals surface area contributed by atoms with E-state index in [-0.39, 0.29) is 12.1 Å². The van der Waals surface area contributed by atoms with Crippen molar-refractivity contribution in [2.45, 2.75) is 31.4 Å². The zero-order chi connectivity index (χ0) is 9.26. The summed E-state index contributed by atoms with van der Waals surface area (Å²) in [4.78, 5) is 0. The highest BCUT2D eigenvalue weighted by Gasteiger charge is 2.31. The summed E-state index contributed by atoms with van der Waals surface area (Å²) in [5.41, 5.74) is 6.30. The smallest absolute Gasteiger partial charge is 0.0839 e. The van der Waals surface area contributed by atoms with Gasteiger partial charge in [-0.25, -0.2) is 4.68 Å². The number of hydrogen-bond acceptors (Lipinski definition) is 4. The molecule has 5 heteroatoms. The molecule has 0 bridgehead atoms. The lowest BCUT2D eigenvalue weighted by atomic mass is 9.89. The Morgan fingerprint density at radius 2 is 2.46 bits per heavy atom. The Kier molecular flexibility index (Phi) is 2.28. The highest BCUT2D eigenvalue weighted by Crippen LogP contribution is 2.31. The molecule has 0 saturated heterocycles. The number of aliphatic hydroxyl groups excluding tert-OH is 1. The van der Waals surface area contributed by atoms with Crippen molar-refractivity contribution in [1.82, 2.24) is 15.0 Å². The molecule has 0 amide bonds. The SMILES string of the molecule is NCCc1cn(C2CCC2O)nn1. The van der Waals surface area contributed by atoms with Crippen LogP contribution < -0.4 is 5.73 Å². The molecule has 1 saturated carbocycles. The molecule has 1 heterocycles. The van der Waals surface area contributed by atoms with Gasteiger partial charge in [-0.15, -0.1) is 5.10 Å². The van der Waals surface area contributed by atoms with E-state index in [1.165, 1.54) is 0 Å². The molecule has 0 aliphatic heterocycles. The van der Waals surface area contributed by atoms with E-state index >= 15 is 0 Å². The van der Waals surface area contributed by atoms with Crippen LogP contribution in [-0.2, 0) is 6.42 Å². The molecule has 13 heavy (non-hydrogen) atoms. The second kappa shape index (κ2) is 3.43. The standard InChI is InChI=1S/C8H14N4O/c9-4-3-6-5-12(11-10-6)7-1-2-8(7)13/h5,7-8,13H,1-4,9H2. The van der Waals surface area contributed by atoms with Gasteiger partial charge >= 0.3 is 0 Å². The largest absolute Gasteiger partial charge is 0.391 e. The molecule has 0 spiro atoms. The normalized spacial score (nSPS) is 27.2. The van der Waals surface area contributed by atoms with Gasteiger partial charge in [-0.2, -0.15) is 0 Å². The Bertz CT molecular complexity index is 285. The van der Waals surface area contributed by atoms with E-state index in [2.05, 4.69) is 10.3 Å². The number of aromatic nitrogens is 3.